The van der Waals surface area contributed by atoms with Crippen LogP contribution in [0.2, 0.25) is 0 Å². The molecule has 5 aliphatic rings. The van der Waals surface area contributed by atoms with E-state index >= 15 is 0 Å². The second-order valence-electron chi connectivity index (χ2n) is 12.2. The Labute approximate surface area is 218 Å². The molecule has 200 valence electrons. The Hall–Kier alpha value is -1.60. The fourth-order valence-corrected chi connectivity index (χ4v) is 8.97. The molecule has 4 saturated carbocycles. The molecule has 0 bridgehead atoms. The van der Waals surface area contributed by atoms with Crippen molar-refractivity contribution in [2.75, 3.05) is 6.07 Å². The predicted molar refractivity (Wildman–Crippen MR) is 132 cm³/mol. The van der Waals surface area contributed by atoms with Gasteiger partial charge in [0.05, 0.1) is 6.10 Å². The molecular formula is C28H39ClO7. The zero-order valence-electron chi connectivity index (χ0n) is 21.4. The number of carbonyl (C=O) groups is 3. The summed E-state index contributed by atoms with van der Waals surface area (Å²) >= 11 is 5.80. The molecule has 0 aromatic rings. The lowest BCUT2D eigenvalue weighted by Gasteiger charge is -2.60. The van der Waals surface area contributed by atoms with Crippen molar-refractivity contribution in [1.29, 1.82) is 0 Å². The fourth-order valence-electron chi connectivity index (χ4n) is 8.87. The van der Waals surface area contributed by atoms with Gasteiger partial charge in [-0.3, -0.25) is 4.79 Å². The van der Waals surface area contributed by atoms with Crippen molar-refractivity contribution < 1.29 is 33.7 Å². The summed E-state index contributed by atoms with van der Waals surface area (Å²) in [6.07, 6.45) is 9.02. The molecule has 4 fully saturated rings. The molecule has 1 N–H and O–H groups in total. The lowest BCUT2D eigenvalue weighted by Crippen LogP contribution is -2.63. The van der Waals surface area contributed by atoms with Gasteiger partial charge in [-0.15, -0.1) is 0 Å². The number of ketones is 1. The van der Waals surface area contributed by atoms with Gasteiger partial charge in [0.1, 0.15) is 6.10 Å². The first-order valence-electron chi connectivity index (χ1n) is 13.7. The summed E-state index contributed by atoms with van der Waals surface area (Å²) in [6, 6.07) is -0.336. The summed E-state index contributed by atoms with van der Waals surface area (Å²) in [5.41, 5.74) is -1.45. The summed E-state index contributed by atoms with van der Waals surface area (Å²) in [6.45, 7) is 4.15. The molecule has 5 aliphatic carbocycles. The second-order valence-corrected chi connectivity index (χ2v) is 12.4. The number of fused-ring (bicyclic) bond motifs is 5. The molecule has 8 heteroatoms. The normalized spacial score (nSPS) is 42.4. The molecule has 0 amide bonds. The number of aliphatic hydroxyl groups excluding tert-OH is 1. The Morgan fingerprint density at radius 3 is 2.56 bits per heavy atom. The summed E-state index contributed by atoms with van der Waals surface area (Å²) in [5.74, 6) is -0.271. The number of allylic oxidation sites excluding steroid dienone is 1. The first-order chi connectivity index (χ1) is 17.1. The highest BCUT2D eigenvalue weighted by Crippen LogP contribution is 2.68. The Bertz CT molecular complexity index is 942. The van der Waals surface area contributed by atoms with Gasteiger partial charge >= 0.3 is 12.1 Å². The van der Waals surface area contributed by atoms with Gasteiger partial charge in [0, 0.05) is 11.8 Å². The molecule has 0 spiro atoms. The van der Waals surface area contributed by atoms with Gasteiger partial charge in [-0.1, -0.05) is 37.4 Å². The minimum absolute atomic E-state index is 0.00212. The van der Waals surface area contributed by atoms with Gasteiger partial charge in [-0.2, -0.15) is 0 Å². The Morgan fingerprint density at radius 2 is 1.83 bits per heavy atom. The maximum absolute atomic E-state index is 13.5. The fraction of sp³-hybridized carbons (Fsp3) is 0.821. The standard InChI is InChI=1S/C28H39ClO7/c1-26-12-10-18(30)14-17(26)8-9-20-21-11-13-28(24(32)34-16-29,27(21,2)15-22(31)23(20)26)36-25(33)35-19-6-4-3-5-7-19/h14,19-23,31H,3-13,15-16H2,1-2H3/t20-,21-,22-,23+,26-,27-,28-/m0/s1. The Balaban J connectivity index is 1.45. The number of halogens is 1. The van der Waals surface area contributed by atoms with Gasteiger partial charge in [0.25, 0.3) is 0 Å². The molecule has 5 rings (SSSR count). The van der Waals surface area contributed by atoms with E-state index in [1.165, 1.54) is 0 Å². The quantitative estimate of drug-likeness (QED) is 0.387. The van der Waals surface area contributed by atoms with Crippen LogP contribution in [0.15, 0.2) is 11.6 Å². The van der Waals surface area contributed by atoms with E-state index in [-0.39, 0.29) is 41.1 Å². The average molecular weight is 523 g/mol. The smallest absolute Gasteiger partial charge is 0.446 e. The number of rotatable bonds is 4. The highest BCUT2D eigenvalue weighted by molar-refractivity contribution is 6.17. The van der Waals surface area contributed by atoms with Gasteiger partial charge in [-0.25, -0.2) is 9.59 Å². The van der Waals surface area contributed by atoms with Crippen LogP contribution in [0.4, 0.5) is 4.79 Å². The summed E-state index contributed by atoms with van der Waals surface area (Å²) in [5, 5.41) is 11.7. The molecule has 0 heterocycles. The van der Waals surface area contributed by atoms with Crippen molar-refractivity contribution in [2.45, 2.75) is 109 Å². The molecule has 0 aromatic heterocycles. The number of aliphatic hydroxyl groups is 1. The first kappa shape index (κ1) is 26.0. The number of carbonyl (C=O) groups excluding carboxylic acids is 3. The lowest BCUT2D eigenvalue weighted by atomic mass is 9.45. The molecule has 36 heavy (non-hydrogen) atoms. The van der Waals surface area contributed by atoms with E-state index in [0.717, 1.165) is 56.9 Å². The van der Waals surface area contributed by atoms with Crippen LogP contribution in [0, 0.1) is 28.6 Å². The van der Waals surface area contributed by atoms with E-state index in [4.69, 9.17) is 25.8 Å². The third-order valence-electron chi connectivity index (χ3n) is 10.6. The number of hydrogen-bond acceptors (Lipinski definition) is 7. The van der Waals surface area contributed by atoms with Crippen molar-refractivity contribution in [3.63, 3.8) is 0 Å². The number of hydrogen-bond donors (Lipinski definition) is 1. The zero-order valence-corrected chi connectivity index (χ0v) is 22.2. The molecule has 0 aromatic carbocycles. The van der Waals surface area contributed by atoms with E-state index in [1.54, 1.807) is 6.08 Å². The van der Waals surface area contributed by atoms with Crippen molar-refractivity contribution in [1.82, 2.24) is 0 Å². The minimum atomic E-state index is -1.55. The van der Waals surface area contributed by atoms with E-state index in [2.05, 4.69) is 6.92 Å². The topological polar surface area (TPSA) is 99.1 Å². The van der Waals surface area contributed by atoms with Crippen LogP contribution in [-0.2, 0) is 23.8 Å². The summed E-state index contributed by atoms with van der Waals surface area (Å²) in [4.78, 5) is 38.7. The van der Waals surface area contributed by atoms with Crippen LogP contribution in [0.1, 0.15) is 90.9 Å². The predicted octanol–water partition coefficient (Wildman–Crippen LogP) is 5.45. The third-order valence-corrected chi connectivity index (χ3v) is 10.7. The van der Waals surface area contributed by atoms with Crippen molar-refractivity contribution in [3.05, 3.63) is 11.6 Å². The number of alkyl halides is 1. The molecule has 0 aliphatic heterocycles. The SMILES string of the molecule is C[C@]12CCC(=O)C=C1CC[C@@H]1[C@@H]2[C@@H](O)C[C@@]2(C)[C@H]1CC[C@]2(OC(=O)OC1CCCCC1)C(=O)OCCl. The van der Waals surface area contributed by atoms with E-state index < -0.39 is 29.2 Å². The number of ether oxygens (including phenoxy) is 3. The Morgan fingerprint density at radius 1 is 1.08 bits per heavy atom. The second kappa shape index (κ2) is 9.61. The highest BCUT2D eigenvalue weighted by atomic mass is 35.5. The third kappa shape index (κ3) is 4.00. The summed E-state index contributed by atoms with van der Waals surface area (Å²) < 4.78 is 16.9. The van der Waals surface area contributed by atoms with Gasteiger partial charge in [-0.05, 0) is 93.5 Å². The average Bonchev–Trinajstić information content (AvgIpc) is 3.12. The van der Waals surface area contributed by atoms with Gasteiger partial charge < -0.3 is 19.3 Å². The van der Waals surface area contributed by atoms with Crippen LogP contribution in [0.25, 0.3) is 0 Å². The monoisotopic (exact) mass is 522 g/mol. The molecular weight excluding hydrogens is 484 g/mol. The van der Waals surface area contributed by atoms with E-state index in [0.29, 0.717) is 25.7 Å². The zero-order chi connectivity index (χ0) is 25.7. The summed E-state index contributed by atoms with van der Waals surface area (Å²) in [7, 11) is 0. The highest BCUT2D eigenvalue weighted by Gasteiger charge is 2.71. The van der Waals surface area contributed by atoms with Crippen LogP contribution < -0.4 is 0 Å². The molecule has 0 radical (unpaired) electrons. The van der Waals surface area contributed by atoms with Gasteiger partial charge in [0.2, 0.25) is 5.60 Å². The molecule has 0 saturated heterocycles. The maximum atomic E-state index is 13.5. The lowest BCUT2D eigenvalue weighted by molar-refractivity contribution is -0.203. The van der Waals surface area contributed by atoms with Crippen LogP contribution >= 0.6 is 11.6 Å². The number of esters is 1. The van der Waals surface area contributed by atoms with E-state index in [1.807, 2.05) is 6.92 Å². The molecule has 7 nitrogen and oxygen atoms in total. The first-order valence-corrected chi connectivity index (χ1v) is 14.2. The van der Waals surface area contributed by atoms with Crippen LogP contribution in [0.3, 0.4) is 0 Å². The molecule has 0 unspecified atom stereocenters. The molecule has 7 atom stereocenters. The van der Waals surface area contributed by atoms with Crippen LogP contribution in [-0.4, -0.2) is 46.9 Å². The van der Waals surface area contributed by atoms with E-state index in [9.17, 15) is 19.5 Å². The van der Waals surface area contributed by atoms with Crippen molar-refractivity contribution in [3.8, 4) is 0 Å². The largest absolute Gasteiger partial charge is 0.509 e. The van der Waals surface area contributed by atoms with Crippen molar-refractivity contribution >= 4 is 29.5 Å². The van der Waals surface area contributed by atoms with Crippen molar-refractivity contribution in [2.24, 2.45) is 28.6 Å². The maximum Gasteiger partial charge on any atom is 0.509 e. The minimum Gasteiger partial charge on any atom is -0.446 e. The van der Waals surface area contributed by atoms with Crippen LogP contribution in [0.5, 0.6) is 0 Å². The Kier molecular flexibility index (Phi) is 6.95. The van der Waals surface area contributed by atoms with Gasteiger partial charge in [0.15, 0.2) is 11.8 Å².